The van der Waals surface area contributed by atoms with Crippen LogP contribution < -0.4 is 10.3 Å². The van der Waals surface area contributed by atoms with E-state index in [1.54, 1.807) is 24.3 Å². The highest BCUT2D eigenvalue weighted by atomic mass is 19.4. The number of amides is 1. The van der Waals surface area contributed by atoms with E-state index < -0.39 is 30.3 Å². The first-order valence-corrected chi connectivity index (χ1v) is 8.15. The maximum atomic E-state index is 12.8. The normalized spacial score (nSPS) is 17.6. The van der Waals surface area contributed by atoms with Crippen molar-refractivity contribution in [1.29, 1.82) is 0 Å². The summed E-state index contributed by atoms with van der Waals surface area (Å²) in [5.41, 5.74) is 0.309. The molecule has 1 aliphatic heterocycles. The van der Waals surface area contributed by atoms with Crippen LogP contribution in [0.25, 0.3) is 11.3 Å². The standard InChI is InChI=1S/C18H17F3N2O4/c1-26-12-4-2-11(3-5-12)14-7-6-13(16(24)22-14)17(25)23-8-9-27-15(10-23)18(19,20)21/h2-7,15H,8-10H2,1H3,(H,22,24). The molecule has 0 bridgehead atoms. The van der Waals surface area contributed by atoms with E-state index in [1.807, 2.05) is 0 Å². The van der Waals surface area contributed by atoms with E-state index in [-0.39, 0.29) is 18.7 Å². The molecule has 27 heavy (non-hydrogen) atoms. The van der Waals surface area contributed by atoms with Crippen molar-refractivity contribution in [3.05, 3.63) is 52.3 Å². The molecule has 1 atom stereocenters. The van der Waals surface area contributed by atoms with Crippen molar-refractivity contribution in [2.75, 3.05) is 26.8 Å². The van der Waals surface area contributed by atoms with Gasteiger partial charge >= 0.3 is 6.18 Å². The number of aromatic amines is 1. The van der Waals surface area contributed by atoms with Crippen LogP contribution in [-0.4, -0.2) is 54.9 Å². The van der Waals surface area contributed by atoms with E-state index in [0.717, 1.165) is 4.90 Å². The largest absolute Gasteiger partial charge is 0.497 e. The number of H-pyrrole nitrogens is 1. The Balaban J connectivity index is 1.80. The van der Waals surface area contributed by atoms with Gasteiger partial charge in [-0.1, -0.05) is 0 Å². The second-order valence-electron chi connectivity index (χ2n) is 6.00. The Morgan fingerprint density at radius 3 is 2.52 bits per heavy atom. The number of pyridine rings is 1. The van der Waals surface area contributed by atoms with E-state index in [9.17, 15) is 22.8 Å². The van der Waals surface area contributed by atoms with Gasteiger partial charge < -0.3 is 19.4 Å². The highest BCUT2D eigenvalue weighted by Crippen LogP contribution is 2.26. The number of benzene rings is 1. The first-order chi connectivity index (χ1) is 12.8. The Hall–Kier alpha value is -2.81. The summed E-state index contributed by atoms with van der Waals surface area (Å²) in [4.78, 5) is 28.4. The summed E-state index contributed by atoms with van der Waals surface area (Å²) in [5.74, 6) is -0.102. The van der Waals surface area contributed by atoms with Crippen LogP contribution in [0.2, 0.25) is 0 Å². The lowest BCUT2D eigenvalue weighted by molar-refractivity contribution is -0.233. The molecule has 144 valence electrons. The van der Waals surface area contributed by atoms with Crippen LogP contribution in [0.15, 0.2) is 41.2 Å². The lowest BCUT2D eigenvalue weighted by Gasteiger charge is -2.33. The average Bonchev–Trinajstić information content (AvgIpc) is 2.67. The number of alkyl halides is 3. The van der Waals surface area contributed by atoms with Crippen molar-refractivity contribution < 1.29 is 27.4 Å². The lowest BCUT2D eigenvalue weighted by Crippen LogP contribution is -2.51. The number of carbonyl (C=O) groups is 1. The Labute approximate surface area is 152 Å². The van der Waals surface area contributed by atoms with Gasteiger partial charge in [0.25, 0.3) is 11.5 Å². The van der Waals surface area contributed by atoms with E-state index in [4.69, 9.17) is 4.74 Å². The summed E-state index contributed by atoms with van der Waals surface area (Å²) < 4.78 is 48.2. The van der Waals surface area contributed by atoms with Crippen molar-refractivity contribution in [2.45, 2.75) is 12.3 Å². The Morgan fingerprint density at radius 2 is 1.93 bits per heavy atom. The molecule has 0 spiro atoms. The molecule has 1 aliphatic rings. The van der Waals surface area contributed by atoms with Gasteiger partial charge in [-0.05, 0) is 42.0 Å². The molecule has 1 fully saturated rings. The van der Waals surface area contributed by atoms with Gasteiger partial charge in [-0.25, -0.2) is 0 Å². The van der Waals surface area contributed by atoms with Crippen LogP contribution in [0.5, 0.6) is 5.75 Å². The highest BCUT2D eigenvalue weighted by Gasteiger charge is 2.44. The monoisotopic (exact) mass is 382 g/mol. The summed E-state index contributed by atoms with van der Waals surface area (Å²) in [6.45, 7) is -0.884. The third-order valence-electron chi connectivity index (χ3n) is 4.26. The summed E-state index contributed by atoms with van der Waals surface area (Å²) >= 11 is 0. The number of nitrogens with one attached hydrogen (secondary N) is 1. The molecule has 1 amide bonds. The summed E-state index contributed by atoms with van der Waals surface area (Å²) in [5, 5.41) is 0. The molecule has 0 aliphatic carbocycles. The molecular formula is C18H17F3N2O4. The van der Waals surface area contributed by atoms with Gasteiger partial charge in [0.05, 0.1) is 20.3 Å². The van der Waals surface area contributed by atoms with Crippen molar-refractivity contribution in [1.82, 2.24) is 9.88 Å². The Kier molecular flexibility index (Phi) is 5.22. The molecule has 1 aromatic carbocycles. The minimum atomic E-state index is -4.57. The van der Waals surface area contributed by atoms with Crippen LogP contribution in [-0.2, 0) is 4.74 Å². The van der Waals surface area contributed by atoms with Crippen molar-refractivity contribution in [3.8, 4) is 17.0 Å². The Bertz CT molecular complexity index is 877. The third kappa shape index (κ3) is 4.13. The first kappa shape index (κ1) is 19.0. The molecule has 2 aromatic rings. The molecule has 1 saturated heterocycles. The van der Waals surface area contributed by atoms with Gasteiger partial charge in [-0.2, -0.15) is 13.2 Å². The Morgan fingerprint density at radius 1 is 1.22 bits per heavy atom. The fourth-order valence-corrected chi connectivity index (χ4v) is 2.78. The van der Waals surface area contributed by atoms with Crippen molar-refractivity contribution in [3.63, 3.8) is 0 Å². The van der Waals surface area contributed by atoms with Crippen molar-refractivity contribution >= 4 is 5.91 Å². The van der Waals surface area contributed by atoms with E-state index >= 15 is 0 Å². The number of rotatable bonds is 3. The number of aromatic nitrogens is 1. The highest BCUT2D eigenvalue weighted by molar-refractivity contribution is 5.94. The molecule has 9 heteroatoms. The molecule has 0 radical (unpaired) electrons. The number of hydrogen-bond donors (Lipinski definition) is 1. The number of ether oxygens (including phenoxy) is 2. The molecule has 1 aromatic heterocycles. The van der Waals surface area contributed by atoms with Gasteiger partial charge in [-0.15, -0.1) is 0 Å². The molecule has 3 rings (SSSR count). The summed E-state index contributed by atoms with van der Waals surface area (Å²) in [6, 6.07) is 9.77. The smallest absolute Gasteiger partial charge is 0.416 e. The minimum Gasteiger partial charge on any atom is -0.497 e. The number of halogens is 3. The van der Waals surface area contributed by atoms with Gasteiger partial charge in [0.2, 0.25) is 0 Å². The lowest BCUT2D eigenvalue weighted by atomic mass is 10.1. The predicted molar refractivity (Wildman–Crippen MR) is 90.7 cm³/mol. The minimum absolute atomic E-state index is 0.00884. The number of morpholine rings is 1. The van der Waals surface area contributed by atoms with E-state index in [2.05, 4.69) is 9.72 Å². The SMILES string of the molecule is COc1ccc(-c2ccc(C(=O)N3CCOC(C(F)(F)F)C3)c(=O)[nH]2)cc1. The molecular weight excluding hydrogens is 365 g/mol. The molecule has 0 saturated carbocycles. The average molecular weight is 382 g/mol. The zero-order valence-corrected chi connectivity index (χ0v) is 14.4. The molecule has 1 N–H and O–H groups in total. The third-order valence-corrected chi connectivity index (χ3v) is 4.26. The first-order valence-electron chi connectivity index (χ1n) is 8.15. The van der Waals surface area contributed by atoms with Gasteiger partial charge in [-0.3, -0.25) is 9.59 Å². The van der Waals surface area contributed by atoms with Crippen LogP contribution in [0.1, 0.15) is 10.4 Å². The van der Waals surface area contributed by atoms with Gasteiger partial charge in [0, 0.05) is 12.2 Å². The van der Waals surface area contributed by atoms with E-state index in [0.29, 0.717) is 17.0 Å². The van der Waals surface area contributed by atoms with Crippen LogP contribution in [0.3, 0.4) is 0 Å². The summed E-state index contributed by atoms with van der Waals surface area (Å²) in [7, 11) is 1.53. The van der Waals surface area contributed by atoms with E-state index in [1.165, 1.54) is 19.2 Å². The van der Waals surface area contributed by atoms with Crippen LogP contribution in [0.4, 0.5) is 13.2 Å². The second-order valence-corrected chi connectivity index (χ2v) is 6.00. The topological polar surface area (TPSA) is 71.6 Å². The van der Waals surface area contributed by atoms with Gasteiger partial charge in [0.1, 0.15) is 11.3 Å². The zero-order chi connectivity index (χ0) is 19.6. The number of hydrogen-bond acceptors (Lipinski definition) is 4. The molecule has 2 heterocycles. The second kappa shape index (κ2) is 7.43. The quantitative estimate of drug-likeness (QED) is 0.885. The maximum absolute atomic E-state index is 12.8. The predicted octanol–water partition coefficient (Wildman–Crippen LogP) is 2.45. The van der Waals surface area contributed by atoms with Crippen LogP contribution >= 0.6 is 0 Å². The fraction of sp³-hybridized carbons (Fsp3) is 0.333. The van der Waals surface area contributed by atoms with Crippen LogP contribution in [0, 0.1) is 0 Å². The zero-order valence-electron chi connectivity index (χ0n) is 14.4. The number of methoxy groups -OCH3 is 1. The molecule has 1 unspecified atom stereocenters. The van der Waals surface area contributed by atoms with Gasteiger partial charge in [0.15, 0.2) is 6.10 Å². The van der Waals surface area contributed by atoms with Crippen molar-refractivity contribution in [2.24, 2.45) is 0 Å². The number of nitrogens with zero attached hydrogens (tertiary/aromatic N) is 1. The number of carbonyl (C=O) groups excluding carboxylic acids is 1. The maximum Gasteiger partial charge on any atom is 0.416 e. The summed E-state index contributed by atoms with van der Waals surface area (Å²) in [6.07, 6.45) is -6.61. The molecule has 6 nitrogen and oxygen atoms in total. The fourth-order valence-electron chi connectivity index (χ4n) is 2.78.